The zero-order chi connectivity index (χ0) is 10.7. The molecule has 0 amide bonds. The third kappa shape index (κ3) is 3.01. The van der Waals surface area contributed by atoms with Crippen LogP contribution in [0.4, 0.5) is 0 Å². The Morgan fingerprint density at radius 1 is 1.07 bits per heavy atom. The molecular formula is C12H14Cl2Hf. The Balaban J connectivity index is 2.33. The minimum absolute atomic E-state index is 0.685. The summed E-state index contributed by atoms with van der Waals surface area (Å²) in [7, 11) is 12.6. The number of benzene rings is 1. The molecule has 80 valence electrons. The van der Waals surface area contributed by atoms with Gasteiger partial charge in [0.1, 0.15) is 0 Å². The van der Waals surface area contributed by atoms with E-state index in [1.807, 2.05) is 6.07 Å². The predicted octanol–water partition coefficient (Wildman–Crippen LogP) is 4.32. The van der Waals surface area contributed by atoms with Crippen LogP contribution in [0, 0.1) is 5.92 Å². The van der Waals surface area contributed by atoms with E-state index in [4.69, 9.17) is 17.2 Å². The fourth-order valence-electron chi connectivity index (χ4n) is 2.33. The third-order valence-electron chi connectivity index (χ3n) is 3.05. The number of halogens is 2. The monoisotopic (exact) mass is 408 g/mol. The second-order valence-corrected chi connectivity index (χ2v) is 15.6. The van der Waals surface area contributed by atoms with Gasteiger partial charge in [0, 0.05) is 0 Å². The van der Waals surface area contributed by atoms with E-state index >= 15 is 0 Å². The maximum absolute atomic E-state index is 6.30. The molecule has 3 heteroatoms. The van der Waals surface area contributed by atoms with Crippen LogP contribution in [0.1, 0.15) is 31.2 Å². The molecule has 1 aliphatic rings. The van der Waals surface area contributed by atoms with Crippen molar-refractivity contribution in [1.82, 2.24) is 0 Å². The van der Waals surface area contributed by atoms with Crippen molar-refractivity contribution in [3.8, 4) is 0 Å². The van der Waals surface area contributed by atoms with E-state index in [-0.39, 0.29) is 0 Å². The van der Waals surface area contributed by atoms with Gasteiger partial charge in [0.25, 0.3) is 0 Å². The summed E-state index contributed by atoms with van der Waals surface area (Å²) in [6.45, 7) is 0. The van der Waals surface area contributed by atoms with Crippen LogP contribution in [0.15, 0.2) is 30.3 Å². The van der Waals surface area contributed by atoms with E-state index in [9.17, 15) is 0 Å². The van der Waals surface area contributed by atoms with Gasteiger partial charge in [0.05, 0.1) is 0 Å². The first-order valence-electron chi connectivity index (χ1n) is 5.39. The average molecular weight is 408 g/mol. The van der Waals surface area contributed by atoms with E-state index in [0.29, 0.717) is 5.92 Å². The first kappa shape index (κ1) is 12.0. The summed E-state index contributed by atoms with van der Waals surface area (Å²) < 4.78 is 1.43. The van der Waals surface area contributed by atoms with Crippen molar-refractivity contribution in [3.05, 3.63) is 35.9 Å². The van der Waals surface area contributed by atoms with Crippen molar-refractivity contribution in [3.63, 3.8) is 0 Å². The van der Waals surface area contributed by atoms with Crippen LogP contribution < -0.4 is 0 Å². The molecule has 0 spiro atoms. The molecule has 1 saturated carbocycles. The SMILES string of the molecule is [Cl][Hf]([Cl])=[C](c1ccccc1)C1CCCC1. The van der Waals surface area contributed by atoms with Gasteiger partial charge in [-0.15, -0.1) is 0 Å². The Morgan fingerprint density at radius 2 is 1.67 bits per heavy atom. The standard InChI is InChI=1S/C12H14.2ClH.Hf/c1-2-6-11(7-3-1)10-12-8-4-5-9-12;;;/h1-3,6-7,12H,4-5,8-9H2;2*1H;/q;;;+2/p-2. The minimum atomic E-state index is -2.42. The molecule has 0 radical (unpaired) electrons. The summed E-state index contributed by atoms with van der Waals surface area (Å²) in [5.41, 5.74) is 1.30. The molecule has 2 rings (SSSR count). The molecule has 0 bridgehead atoms. The average Bonchev–Trinajstić information content (AvgIpc) is 2.72. The first-order chi connectivity index (χ1) is 7.29. The van der Waals surface area contributed by atoms with E-state index in [1.54, 1.807) is 0 Å². The van der Waals surface area contributed by atoms with Crippen molar-refractivity contribution in [2.45, 2.75) is 25.7 Å². The zero-order valence-corrected chi connectivity index (χ0v) is 13.7. The van der Waals surface area contributed by atoms with Crippen molar-refractivity contribution < 1.29 is 18.6 Å². The van der Waals surface area contributed by atoms with Gasteiger partial charge in [-0.2, -0.15) is 0 Å². The fourth-order valence-corrected chi connectivity index (χ4v) is 10.2. The topological polar surface area (TPSA) is 0 Å². The van der Waals surface area contributed by atoms with E-state index < -0.39 is 18.6 Å². The summed E-state index contributed by atoms with van der Waals surface area (Å²) in [6.07, 6.45) is 5.26. The van der Waals surface area contributed by atoms with Crippen LogP contribution >= 0.6 is 17.2 Å². The van der Waals surface area contributed by atoms with Gasteiger partial charge < -0.3 is 0 Å². The maximum atomic E-state index is 6.30. The Labute approximate surface area is 106 Å². The van der Waals surface area contributed by atoms with Crippen molar-refractivity contribution in [2.24, 2.45) is 5.92 Å². The Hall–Kier alpha value is 0.540. The van der Waals surface area contributed by atoms with Gasteiger partial charge in [-0.1, -0.05) is 0 Å². The molecule has 0 nitrogen and oxygen atoms in total. The van der Waals surface area contributed by atoms with Gasteiger partial charge in [-0.05, 0) is 0 Å². The molecule has 1 aromatic carbocycles. The van der Waals surface area contributed by atoms with Crippen LogP contribution in [0.25, 0.3) is 0 Å². The summed E-state index contributed by atoms with van der Waals surface area (Å²) in [5.74, 6) is 0.685. The van der Waals surface area contributed by atoms with Gasteiger partial charge in [-0.3, -0.25) is 0 Å². The van der Waals surface area contributed by atoms with Crippen LogP contribution in [0.3, 0.4) is 0 Å². The molecule has 1 aliphatic carbocycles. The fraction of sp³-hybridized carbons (Fsp3) is 0.417. The number of rotatable bonds is 2. The van der Waals surface area contributed by atoms with Crippen LogP contribution in [0.2, 0.25) is 0 Å². The number of hydrogen-bond acceptors (Lipinski definition) is 0. The van der Waals surface area contributed by atoms with Crippen molar-refractivity contribution >= 4 is 20.4 Å². The Kier molecular flexibility index (Phi) is 4.60. The molecule has 1 fully saturated rings. The molecule has 0 unspecified atom stereocenters. The van der Waals surface area contributed by atoms with E-state index in [1.165, 1.54) is 34.5 Å². The summed E-state index contributed by atoms with van der Waals surface area (Å²) in [6, 6.07) is 10.5. The van der Waals surface area contributed by atoms with Crippen molar-refractivity contribution in [2.75, 3.05) is 0 Å². The van der Waals surface area contributed by atoms with Crippen molar-refractivity contribution in [1.29, 1.82) is 0 Å². The molecule has 0 saturated heterocycles. The third-order valence-corrected chi connectivity index (χ3v) is 10.4. The summed E-state index contributed by atoms with van der Waals surface area (Å²) >= 11 is -2.42. The normalized spacial score (nSPS) is 16.7. The second kappa shape index (κ2) is 5.75. The first-order valence-corrected chi connectivity index (χ1v) is 16.1. The molecular weight excluding hydrogens is 394 g/mol. The molecule has 0 heterocycles. The second-order valence-electron chi connectivity index (χ2n) is 4.02. The van der Waals surface area contributed by atoms with Gasteiger partial charge in [-0.25, -0.2) is 0 Å². The molecule has 15 heavy (non-hydrogen) atoms. The van der Waals surface area contributed by atoms with Crippen LogP contribution in [-0.4, -0.2) is 3.26 Å². The molecule has 0 aliphatic heterocycles. The Morgan fingerprint density at radius 3 is 2.20 bits per heavy atom. The van der Waals surface area contributed by atoms with Crippen LogP contribution in [-0.2, 0) is 18.6 Å². The molecule has 0 N–H and O–H groups in total. The van der Waals surface area contributed by atoms with E-state index in [2.05, 4.69) is 24.3 Å². The summed E-state index contributed by atoms with van der Waals surface area (Å²) in [5, 5.41) is 0. The molecule has 0 aromatic heterocycles. The van der Waals surface area contributed by atoms with Gasteiger partial charge >= 0.3 is 106 Å². The Bertz CT molecular complexity index is 349. The van der Waals surface area contributed by atoms with E-state index in [0.717, 1.165) is 0 Å². The summed E-state index contributed by atoms with van der Waals surface area (Å²) in [4.78, 5) is 0. The zero-order valence-electron chi connectivity index (χ0n) is 8.55. The predicted molar refractivity (Wildman–Crippen MR) is 64.2 cm³/mol. The molecule has 1 aromatic rings. The molecule has 0 atom stereocenters. The quantitative estimate of drug-likeness (QED) is 0.641. The number of hydrogen-bond donors (Lipinski definition) is 0. The van der Waals surface area contributed by atoms with Gasteiger partial charge in [0.2, 0.25) is 0 Å². The van der Waals surface area contributed by atoms with Crippen LogP contribution in [0.5, 0.6) is 0 Å². The van der Waals surface area contributed by atoms with Gasteiger partial charge in [0.15, 0.2) is 0 Å².